The molecule has 1 aliphatic heterocycles. The van der Waals surface area contributed by atoms with Gasteiger partial charge in [-0.2, -0.15) is 0 Å². The largest absolute Gasteiger partial charge is 0.314 e. The lowest BCUT2D eigenvalue weighted by atomic mass is 9.81. The van der Waals surface area contributed by atoms with E-state index in [4.69, 9.17) is 0 Å². The molecule has 0 unspecified atom stereocenters. The molecule has 122 valence electrons. The van der Waals surface area contributed by atoms with Crippen molar-refractivity contribution in [2.24, 2.45) is 5.92 Å². The fourth-order valence-electron chi connectivity index (χ4n) is 3.77. The number of nitrogens with zero attached hydrogens (tertiary/aromatic N) is 1. The maximum Gasteiger partial charge on any atom is 0.211 e. The minimum atomic E-state index is -2.99. The van der Waals surface area contributed by atoms with Crippen molar-refractivity contribution in [1.82, 2.24) is 9.62 Å². The molecule has 3 rings (SSSR count). The first kappa shape index (κ1) is 16.0. The minimum Gasteiger partial charge on any atom is -0.314 e. The third kappa shape index (κ3) is 3.36. The quantitative estimate of drug-likeness (QED) is 0.902. The summed E-state index contributed by atoms with van der Waals surface area (Å²) in [5.41, 5.74) is 1.71. The van der Waals surface area contributed by atoms with E-state index < -0.39 is 10.0 Å². The number of nitrogens with one attached hydrogen (secondary N) is 1. The summed E-state index contributed by atoms with van der Waals surface area (Å²) in [5, 5.41) is 3.66. The fraction of sp³-hybridized carbons (Fsp3) is 0.647. The minimum absolute atomic E-state index is 0.275. The molecule has 0 amide bonds. The SMILES string of the molecule is C[C@]1(c2ccccc2)CC[C@@H](NCC2CN(S(C)(=O)=O)C2)C1. The van der Waals surface area contributed by atoms with Crippen LogP contribution in [0.3, 0.4) is 0 Å². The molecule has 0 spiro atoms. The number of benzene rings is 1. The molecule has 1 N–H and O–H groups in total. The van der Waals surface area contributed by atoms with Crippen molar-refractivity contribution in [3.8, 4) is 0 Å². The molecule has 0 radical (unpaired) electrons. The van der Waals surface area contributed by atoms with E-state index >= 15 is 0 Å². The van der Waals surface area contributed by atoms with Crippen LogP contribution in [0.5, 0.6) is 0 Å². The summed E-state index contributed by atoms with van der Waals surface area (Å²) in [6.07, 6.45) is 4.88. The third-order valence-electron chi connectivity index (χ3n) is 5.30. The van der Waals surface area contributed by atoms with Gasteiger partial charge in [0.2, 0.25) is 10.0 Å². The Balaban J connectivity index is 1.47. The molecule has 5 heteroatoms. The molecule has 1 aromatic carbocycles. The highest BCUT2D eigenvalue weighted by atomic mass is 32.2. The van der Waals surface area contributed by atoms with Gasteiger partial charge in [0.25, 0.3) is 0 Å². The van der Waals surface area contributed by atoms with Gasteiger partial charge in [0, 0.05) is 25.7 Å². The van der Waals surface area contributed by atoms with Crippen LogP contribution in [-0.2, 0) is 15.4 Å². The van der Waals surface area contributed by atoms with Crippen LogP contribution in [0, 0.1) is 5.92 Å². The van der Waals surface area contributed by atoms with Crippen molar-refractivity contribution < 1.29 is 8.42 Å². The fourth-order valence-corrected chi connectivity index (χ4v) is 4.74. The summed E-state index contributed by atoms with van der Waals surface area (Å²) in [7, 11) is -2.99. The van der Waals surface area contributed by atoms with E-state index in [0.29, 0.717) is 25.0 Å². The topological polar surface area (TPSA) is 49.4 Å². The van der Waals surface area contributed by atoms with Crippen molar-refractivity contribution in [2.45, 2.75) is 37.6 Å². The summed E-state index contributed by atoms with van der Waals surface area (Å²) in [6.45, 7) is 4.64. The van der Waals surface area contributed by atoms with E-state index in [0.717, 1.165) is 6.54 Å². The Bertz CT molecular complexity index is 611. The van der Waals surface area contributed by atoms with E-state index in [1.165, 1.54) is 31.1 Å². The number of hydrogen-bond acceptors (Lipinski definition) is 3. The standard InChI is InChI=1S/C17H26N2O2S/c1-17(15-6-4-3-5-7-15)9-8-16(10-17)18-11-14-12-19(13-14)22(2,20)21/h3-7,14,16,18H,8-13H2,1-2H3/t16-,17+/m1/s1. The molecular weight excluding hydrogens is 296 g/mol. The van der Waals surface area contributed by atoms with Crippen LogP contribution in [0.4, 0.5) is 0 Å². The van der Waals surface area contributed by atoms with Crippen molar-refractivity contribution in [3.05, 3.63) is 35.9 Å². The zero-order valence-electron chi connectivity index (χ0n) is 13.5. The molecular formula is C17H26N2O2S. The van der Waals surface area contributed by atoms with Gasteiger partial charge in [-0.3, -0.25) is 0 Å². The first-order valence-electron chi connectivity index (χ1n) is 8.11. The molecule has 1 aromatic rings. The Morgan fingerprint density at radius 3 is 2.59 bits per heavy atom. The van der Waals surface area contributed by atoms with Gasteiger partial charge in [-0.05, 0) is 36.2 Å². The predicted molar refractivity (Wildman–Crippen MR) is 89.3 cm³/mol. The summed E-state index contributed by atoms with van der Waals surface area (Å²) >= 11 is 0. The predicted octanol–water partition coefficient (Wildman–Crippen LogP) is 1.98. The second-order valence-corrected chi connectivity index (χ2v) is 9.20. The Morgan fingerprint density at radius 1 is 1.27 bits per heavy atom. The van der Waals surface area contributed by atoms with E-state index in [-0.39, 0.29) is 5.41 Å². The van der Waals surface area contributed by atoms with Gasteiger partial charge < -0.3 is 5.32 Å². The smallest absolute Gasteiger partial charge is 0.211 e. The van der Waals surface area contributed by atoms with Crippen LogP contribution >= 0.6 is 0 Å². The number of rotatable bonds is 5. The third-order valence-corrected chi connectivity index (χ3v) is 6.54. The van der Waals surface area contributed by atoms with Crippen LogP contribution in [0.1, 0.15) is 31.7 Å². The van der Waals surface area contributed by atoms with Crippen LogP contribution in [0.2, 0.25) is 0 Å². The van der Waals surface area contributed by atoms with Gasteiger partial charge in [0.15, 0.2) is 0 Å². The average Bonchev–Trinajstić information content (AvgIpc) is 2.80. The van der Waals surface area contributed by atoms with E-state index in [9.17, 15) is 8.42 Å². The van der Waals surface area contributed by atoms with Gasteiger partial charge in [-0.25, -0.2) is 12.7 Å². The molecule has 1 heterocycles. The molecule has 2 atom stereocenters. The second kappa shape index (κ2) is 5.95. The zero-order valence-corrected chi connectivity index (χ0v) is 14.3. The summed E-state index contributed by atoms with van der Waals surface area (Å²) < 4.78 is 24.3. The van der Waals surface area contributed by atoms with Gasteiger partial charge in [-0.15, -0.1) is 0 Å². The molecule has 2 fully saturated rings. The molecule has 4 nitrogen and oxygen atoms in total. The maximum atomic E-state index is 11.4. The zero-order chi connectivity index (χ0) is 15.8. The number of sulfonamides is 1. The average molecular weight is 322 g/mol. The Kier molecular flexibility index (Phi) is 4.32. The van der Waals surface area contributed by atoms with Crippen LogP contribution in [0.25, 0.3) is 0 Å². The molecule has 22 heavy (non-hydrogen) atoms. The van der Waals surface area contributed by atoms with Crippen molar-refractivity contribution in [2.75, 3.05) is 25.9 Å². The highest BCUT2D eigenvalue weighted by molar-refractivity contribution is 7.88. The molecule has 2 aliphatic rings. The van der Waals surface area contributed by atoms with E-state index in [1.54, 1.807) is 4.31 Å². The Morgan fingerprint density at radius 2 is 1.95 bits per heavy atom. The molecule has 1 saturated heterocycles. The van der Waals surface area contributed by atoms with Gasteiger partial charge in [0.05, 0.1) is 6.26 Å². The second-order valence-electron chi connectivity index (χ2n) is 7.22. The van der Waals surface area contributed by atoms with Crippen LogP contribution in [0.15, 0.2) is 30.3 Å². The van der Waals surface area contributed by atoms with Gasteiger partial charge in [-0.1, -0.05) is 37.3 Å². The van der Waals surface area contributed by atoms with Gasteiger partial charge in [0.1, 0.15) is 0 Å². The normalized spacial score (nSPS) is 30.4. The highest BCUT2D eigenvalue weighted by Gasteiger charge is 2.38. The Labute approximate surface area is 134 Å². The van der Waals surface area contributed by atoms with Crippen molar-refractivity contribution in [3.63, 3.8) is 0 Å². The lowest BCUT2D eigenvalue weighted by Gasteiger charge is -2.38. The summed E-state index contributed by atoms with van der Waals surface area (Å²) in [6, 6.07) is 11.3. The summed E-state index contributed by atoms with van der Waals surface area (Å²) in [5.74, 6) is 0.471. The monoisotopic (exact) mass is 322 g/mol. The lowest BCUT2D eigenvalue weighted by Crippen LogP contribution is -2.53. The summed E-state index contributed by atoms with van der Waals surface area (Å²) in [4.78, 5) is 0. The van der Waals surface area contributed by atoms with Crippen LogP contribution < -0.4 is 5.32 Å². The highest BCUT2D eigenvalue weighted by Crippen LogP contribution is 2.40. The first-order chi connectivity index (χ1) is 10.4. The van der Waals surface area contributed by atoms with E-state index in [1.807, 2.05) is 0 Å². The van der Waals surface area contributed by atoms with Crippen LogP contribution in [-0.4, -0.2) is 44.7 Å². The lowest BCUT2D eigenvalue weighted by molar-refractivity contribution is 0.192. The Hall–Kier alpha value is -0.910. The first-order valence-corrected chi connectivity index (χ1v) is 9.96. The van der Waals surface area contributed by atoms with E-state index in [2.05, 4.69) is 42.6 Å². The van der Waals surface area contributed by atoms with Crippen molar-refractivity contribution in [1.29, 1.82) is 0 Å². The van der Waals surface area contributed by atoms with Crippen molar-refractivity contribution >= 4 is 10.0 Å². The van der Waals surface area contributed by atoms with Gasteiger partial charge >= 0.3 is 0 Å². The molecule has 0 bridgehead atoms. The number of hydrogen-bond donors (Lipinski definition) is 1. The maximum absolute atomic E-state index is 11.4. The molecule has 1 saturated carbocycles. The molecule has 1 aliphatic carbocycles. The molecule has 0 aromatic heterocycles.